The summed E-state index contributed by atoms with van der Waals surface area (Å²) in [6.07, 6.45) is 2.15. The minimum Gasteiger partial charge on any atom is -0.354 e. The van der Waals surface area contributed by atoms with Gasteiger partial charge in [0.2, 0.25) is 21.8 Å². The zero-order valence-electron chi connectivity index (χ0n) is 15.7. The van der Waals surface area contributed by atoms with Crippen LogP contribution in [0.4, 0.5) is 5.69 Å². The average molecular weight is 432 g/mol. The van der Waals surface area contributed by atoms with E-state index < -0.39 is 31.5 Å². The molecule has 0 bridgehead atoms. The second kappa shape index (κ2) is 9.48. The smallest absolute Gasteiger partial charge is 0.243 e. The van der Waals surface area contributed by atoms with Gasteiger partial charge in [0, 0.05) is 18.8 Å². The summed E-state index contributed by atoms with van der Waals surface area (Å²) in [5.41, 5.74) is 0.177. The van der Waals surface area contributed by atoms with Gasteiger partial charge in [-0.25, -0.2) is 16.8 Å². The molecule has 1 heterocycles. The summed E-state index contributed by atoms with van der Waals surface area (Å²) in [7, 11) is -7.42. The van der Waals surface area contributed by atoms with Crippen molar-refractivity contribution in [3.05, 3.63) is 24.3 Å². The number of sulfonamides is 1. The fourth-order valence-corrected chi connectivity index (χ4v) is 5.45. The number of unbranched alkanes of at least 4 members (excludes halogenated alkanes) is 2. The van der Waals surface area contributed by atoms with Gasteiger partial charge in [0.05, 0.1) is 17.2 Å². The molecule has 1 aliphatic heterocycles. The number of anilines is 1. The third-order valence-corrected chi connectivity index (χ3v) is 7.62. The van der Waals surface area contributed by atoms with Crippen LogP contribution < -0.4 is 10.6 Å². The van der Waals surface area contributed by atoms with E-state index >= 15 is 0 Å². The largest absolute Gasteiger partial charge is 0.354 e. The van der Waals surface area contributed by atoms with Crippen LogP contribution in [-0.2, 0) is 29.4 Å². The van der Waals surface area contributed by atoms with Crippen LogP contribution >= 0.6 is 0 Å². The molecular formula is C17H25N3O6S2. The highest BCUT2D eigenvalue weighted by atomic mass is 32.2. The maximum atomic E-state index is 12.7. The van der Waals surface area contributed by atoms with Crippen molar-refractivity contribution in [3.8, 4) is 0 Å². The van der Waals surface area contributed by atoms with Crippen molar-refractivity contribution in [3.63, 3.8) is 0 Å². The predicted molar refractivity (Wildman–Crippen MR) is 105 cm³/mol. The van der Waals surface area contributed by atoms with Crippen LogP contribution in [0.5, 0.6) is 0 Å². The van der Waals surface area contributed by atoms with E-state index in [1.54, 1.807) is 0 Å². The minimum atomic E-state index is -3.90. The van der Waals surface area contributed by atoms with E-state index in [-0.39, 0.29) is 41.9 Å². The topological polar surface area (TPSA) is 130 Å². The van der Waals surface area contributed by atoms with Gasteiger partial charge < -0.3 is 10.6 Å². The standard InChI is InChI=1S/C17H25N3O6S2/c1-2-3-4-10-27(23,24)13-17(22)19-14-6-5-7-15(11-14)28(25,26)20-9-8-18-16(21)12-20/h5-7,11H,2-4,8-10,12-13H2,1H3,(H,18,21)(H,19,22). The van der Waals surface area contributed by atoms with Crippen molar-refractivity contribution in [2.24, 2.45) is 0 Å². The fraction of sp³-hybridized carbons (Fsp3) is 0.529. The summed E-state index contributed by atoms with van der Waals surface area (Å²) >= 11 is 0. The van der Waals surface area contributed by atoms with E-state index in [9.17, 15) is 26.4 Å². The lowest BCUT2D eigenvalue weighted by atomic mass is 10.3. The molecule has 0 saturated carbocycles. The van der Waals surface area contributed by atoms with Gasteiger partial charge >= 0.3 is 0 Å². The number of amides is 2. The normalized spacial score (nSPS) is 15.8. The number of carbonyl (C=O) groups excluding carboxylic acids is 2. The van der Waals surface area contributed by atoms with Crippen molar-refractivity contribution in [2.45, 2.75) is 31.1 Å². The zero-order chi connectivity index (χ0) is 20.8. The van der Waals surface area contributed by atoms with Gasteiger partial charge in [-0.3, -0.25) is 9.59 Å². The van der Waals surface area contributed by atoms with Gasteiger partial charge in [-0.15, -0.1) is 0 Å². The Morgan fingerprint density at radius 2 is 1.96 bits per heavy atom. The van der Waals surface area contributed by atoms with Crippen LogP contribution in [0.3, 0.4) is 0 Å². The van der Waals surface area contributed by atoms with Gasteiger partial charge in [0.1, 0.15) is 5.75 Å². The number of hydrogen-bond acceptors (Lipinski definition) is 6. The van der Waals surface area contributed by atoms with Gasteiger partial charge in [0.15, 0.2) is 9.84 Å². The fourth-order valence-electron chi connectivity index (χ4n) is 2.74. The molecule has 9 nitrogen and oxygen atoms in total. The Morgan fingerprint density at radius 3 is 2.64 bits per heavy atom. The summed E-state index contributed by atoms with van der Waals surface area (Å²) < 4.78 is 50.4. The molecule has 0 unspecified atom stereocenters. The molecule has 0 radical (unpaired) electrons. The number of nitrogens with one attached hydrogen (secondary N) is 2. The summed E-state index contributed by atoms with van der Waals surface area (Å²) in [6.45, 7) is 2.07. The Labute approximate surface area is 165 Å². The van der Waals surface area contributed by atoms with Crippen molar-refractivity contribution in [1.29, 1.82) is 0 Å². The average Bonchev–Trinajstić information content (AvgIpc) is 2.61. The summed E-state index contributed by atoms with van der Waals surface area (Å²) in [5, 5.41) is 4.99. The molecule has 2 rings (SSSR count). The Kier molecular flexibility index (Phi) is 7.55. The van der Waals surface area contributed by atoms with Gasteiger partial charge in [-0.05, 0) is 24.6 Å². The second-order valence-corrected chi connectivity index (χ2v) is 10.7. The molecular weight excluding hydrogens is 406 g/mol. The minimum absolute atomic E-state index is 0.0559. The quantitative estimate of drug-likeness (QED) is 0.543. The molecule has 156 valence electrons. The molecule has 1 fully saturated rings. The Hall–Kier alpha value is -1.98. The van der Waals surface area contributed by atoms with E-state index in [1.165, 1.54) is 24.3 Å². The second-order valence-electron chi connectivity index (χ2n) is 6.56. The monoisotopic (exact) mass is 431 g/mol. The highest BCUT2D eigenvalue weighted by Crippen LogP contribution is 2.20. The first kappa shape index (κ1) is 22.3. The third kappa shape index (κ3) is 6.28. The number of carbonyl (C=O) groups is 2. The van der Waals surface area contributed by atoms with E-state index in [2.05, 4.69) is 10.6 Å². The molecule has 0 aromatic heterocycles. The lowest BCUT2D eigenvalue weighted by Crippen LogP contribution is -2.49. The van der Waals surface area contributed by atoms with Crippen LogP contribution in [0.1, 0.15) is 26.2 Å². The number of nitrogens with zero attached hydrogens (tertiary/aromatic N) is 1. The molecule has 1 saturated heterocycles. The third-order valence-electron chi connectivity index (χ3n) is 4.17. The number of benzene rings is 1. The summed E-state index contributed by atoms with van der Waals surface area (Å²) in [6, 6.07) is 5.54. The first-order valence-corrected chi connectivity index (χ1v) is 12.3. The first-order valence-electron chi connectivity index (χ1n) is 9.01. The molecule has 2 N–H and O–H groups in total. The molecule has 11 heteroatoms. The zero-order valence-corrected chi connectivity index (χ0v) is 17.3. The van der Waals surface area contributed by atoms with Crippen LogP contribution in [0.2, 0.25) is 0 Å². The molecule has 1 aromatic carbocycles. The summed E-state index contributed by atoms with van der Waals surface area (Å²) in [5.74, 6) is -1.81. The highest BCUT2D eigenvalue weighted by Gasteiger charge is 2.29. The van der Waals surface area contributed by atoms with Gasteiger partial charge in [-0.1, -0.05) is 25.8 Å². The summed E-state index contributed by atoms with van der Waals surface area (Å²) in [4.78, 5) is 23.4. The van der Waals surface area contributed by atoms with E-state index in [0.717, 1.165) is 17.1 Å². The van der Waals surface area contributed by atoms with E-state index in [4.69, 9.17) is 0 Å². The predicted octanol–water partition coefficient (Wildman–Crippen LogP) is 0.351. The maximum absolute atomic E-state index is 12.7. The van der Waals surface area contributed by atoms with Crippen molar-refractivity contribution in [1.82, 2.24) is 9.62 Å². The van der Waals surface area contributed by atoms with Gasteiger partial charge in [-0.2, -0.15) is 4.31 Å². The molecule has 1 aliphatic rings. The molecule has 0 aliphatic carbocycles. The number of rotatable bonds is 9. The number of piperazine rings is 1. The molecule has 0 spiro atoms. The molecule has 1 aromatic rings. The van der Waals surface area contributed by atoms with Crippen LogP contribution in [0.25, 0.3) is 0 Å². The lowest BCUT2D eigenvalue weighted by Gasteiger charge is -2.26. The number of sulfone groups is 1. The van der Waals surface area contributed by atoms with Crippen LogP contribution in [0.15, 0.2) is 29.2 Å². The Balaban J connectivity index is 2.06. The van der Waals surface area contributed by atoms with Crippen LogP contribution in [0, 0.1) is 0 Å². The highest BCUT2D eigenvalue weighted by molar-refractivity contribution is 7.92. The van der Waals surface area contributed by atoms with Crippen molar-refractivity contribution < 1.29 is 26.4 Å². The Morgan fingerprint density at radius 1 is 1.21 bits per heavy atom. The maximum Gasteiger partial charge on any atom is 0.243 e. The first-order chi connectivity index (χ1) is 13.1. The Bertz CT molecular complexity index is 928. The molecule has 2 amide bonds. The SMILES string of the molecule is CCCCCS(=O)(=O)CC(=O)Nc1cccc(S(=O)(=O)N2CCNC(=O)C2)c1. The number of hydrogen-bond donors (Lipinski definition) is 2. The molecule has 28 heavy (non-hydrogen) atoms. The van der Waals surface area contributed by atoms with E-state index in [1.807, 2.05) is 6.92 Å². The van der Waals surface area contributed by atoms with Crippen LogP contribution in [-0.4, -0.2) is 64.1 Å². The van der Waals surface area contributed by atoms with E-state index in [0.29, 0.717) is 6.42 Å². The van der Waals surface area contributed by atoms with Gasteiger partial charge in [0.25, 0.3) is 0 Å². The van der Waals surface area contributed by atoms with Crippen molar-refractivity contribution in [2.75, 3.05) is 36.5 Å². The van der Waals surface area contributed by atoms with Crippen molar-refractivity contribution >= 4 is 37.4 Å². The molecule has 0 atom stereocenters. The lowest BCUT2D eigenvalue weighted by molar-refractivity contribution is -0.122.